The first kappa shape index (κ1) is 22.2. The Hall–Kier alpha value is -3.99. The van der Waals surface area contributed by atoms with Crippen LogP contribution in [0.25, 0.3) is 11.4 Å². The number of aryl methyl sites for hydroxylation is 1. The van der Waals surface area contributed by atoms with Gasteiger partial charge < -0.3 is 9.73 Å². The molecule has 4 rings (SSSR count). The molecule has 9 nitrogen and oxygen atoms in total. The van der Waals surface area contributed by atoms with E-state index in [4.69, 9.17) is 4.42 Å². The zero-order valence-corrected chi connectivity index (χ0v) is 18.2. The van der Waals surface area contributed by atoms with Gasteiger partial charge in [0, 0.05) is 11.8 Å². The first-order valence-corrected chi connectivity index (χ1v) is 10.8. The van der Waals surface area contributed by atoms with Gasteiger partial charge in [-0.15, -0.1) is 10.2 Å². The normalized spacial score (nSPS) is 10.8. The maximum absolute atomic E-state index is 13.5. The summed E-state index contributed by atoms with van der Waals surface area (Å²) >= 11 is 1.17. The molecule has 0 saturated heterocycles. The average molecular weight is 467 g/mol. The van der Waals surface area contributed by atoms with Crippen LogP contribution in [-0.4, -0.2) is 31.3 Å². The van der Waals surface area contributed by atoms with Gasteiger partial charge in [-0.25, -0.2) is 0 Å². The van der Waals surface area contributed by atoms with Gasteiger partial charge >= 0.3 is 5.69 Å². The highest BCUT2D eigenvalue weighted by atomic mass is 32.2. The lowest BCUT2D eigenvalue weighted by molar-refractivity contribution is -0.387. The second-order valence-electron chi connectivity index (χ2n) is 7.03. The van der Waals surface area contributed by atoms with Crippen molar-refractivity contribution in [3.63, 3.8) is 0 Å². The molecule has 4 aromatic rings. The number of nitro benzene ring substituents is 1. The number of thioether (sulfide) groups is 1. The van der Waals surface area contributed by atoms with Gasteiger partial charge in [-0.1, -0.05) is 42.1 Å². The fraction of sp³-hybridized carbons (Fsp3) is 0.136. The summed E-state index contributed by atoms with van der Waals surface area (Å²) in [6.45, 7) is 2.32. The SMILES string of the molecule is Cc1occc1-c1nnc(SCC(=O)Nc2ccc(F)c([N+](=O)[O-])c2)n1Cc1ccccc1. The van der Waals surface area contributed by atoms with Gasteiger partial charge in [0.1, 0.15) is 5.76 Å². The van der Waals surface area contributed by atoms with E-state index in [0.29, 0.717) is 23.3 Å². The number of anilines is 1. The molecule has 1 amide bonds. The molecule has 2 aromatic heterocycles. The topological polar surface area (TPSA) is 116 Å². The maximum Gasteiger partial charge on any atom is 0.306 e. The first-order chi connectivity index (χ1) is 15.9. The molecular weight excluding hydrogens is 449 g/mol. The van der Waals surface area contributed by atoms with Gasteiger partial charge in [0.05, 0.1) is 29.0 Å². The molecule has 0 saturated carbocycles. The number of nitro groups is 1. The number of hydrogen-bond donors (Lipinski definition) is 1. The van der Waals surface area contributed by atoms with E-state index in [1.165, 1.54) is 17.8 Å². The summed E-state index contributed by atoms with van der Waals surface area (Å²) in [5, 5.41) is 22.5. The Labute approximate surface area is 191 Å². The predicted molar refractivity (Wildman–Crippen MR) is 120 cm³/mol. The minimum absolute atomic E-state index is 0.0253. The highest BCUT2D eigenvalue weighted by Crippen LogP contribution is 2.28. The van der Waals surface area contributed by atoms with Gasteiger partial charge in [0.25, 0.3) is 0 Å². The van der Waals surface area contributed by atoms with Gasteiger partial charge in [0.2, 0.25) is 11.7 Å². The van der Waals surface area contributed by atoms with Crippen LogP contribution in [0.3, 0.4) is 0 Å². The number of amides is 1. The fourth-order valence-corrected chi connectivity index (χ4v) is 3.92. The third-order valence-electron chi connectivity index (χ3n) is 4.76. The van der Waals surface area contributed by atoms with Crippen molar-refractivity contribution in [2.75, 3.05) is 11.1 Å². The van der Waals surface area contributed by atoms with Crippen LogP contribution in [-0.2, 0) is 11.3 Å². The molecule has 0 aliphatic heterocycles. The Bertz CT molecular complexity index is 1310. The van der Waals surface area contributed by atoms with Gasteiger partial charge in [-0.3, -0.25) is 19.5 Å². The molecular formula is C22H18FN5O4S. The molecule has 2 aromatic carbocycles. The summed E-state index contributed by atoms with van der Waals surface area (Å²) in [6.07, 6.45) is 1.58. The lowest BCUT2D eigenvalue weighted by Crippen LogP contribution is -2.15. The molecule has 2 heterocycles. The van der Waals surface area contributed by atoms with Gasteiger partial charge in [-0.2, -0.15) is 4.39 Å². The molecule has 0 aliphatic carbocycles. The zero-order valence-electron chi connectivity index (χ0n) is 17.4. The van der Waals surface area contributed by atoms with Crippen LogP contribution in [0.2, 0.25) is 0 Å². The monoisotopic (exact) mass is 467 g/mol. The minimum atomic E-state index is -0.969. The van der Waals surface area contributed by atoms with E-state index in [1.807, 2.05) is 47.9 Å². The van der Waals surface area contributed by atoms with Crippen LogP contribution in [0.5, 0.6) is 0 Å². The van der Waals surface area contributed by atoms with Crippen molar-refractivity contribution in [3.8, 4) is 11.4 Å². The third kappa shape index (κ3) is 5.09. The Kier molecular flexibility index (Phi) is 6.50. The molecule has 0 bridgehead atoms. The number of nitrogens with one attached hydrogen (secondary N) is 1. The van der Waals surface area contributed by atoms with Crippen molar-refractivity contribution in [1.29, 1.82) is 0 Å². The van der Waals surface area contributed by atoms with Crippen LogP contribution < -0.4 is 5.32 Å². The van der Waals surface area contributed by atoms with E-state index in [0.717, 1.165) is 23.3 Å². The molecule has 168 valence electrons. The van der Waals surface area contributed by atoms with Crippen molar-refractivity contribution in [1.82, 2.24) is 14.8 Å². The Morgan fingerprint density at radius 3 is 2.70 bits per heavy atom. The zero-order chi connectivity index (χ0) is 23.4. The minimum Gasteiger partial charge on any atom is -0.469 e. The Morgan fingerprint density at radius 2 is 2.00 bits per heavy atom. The summed E-state index contributed by atoms with van der Waals surface area (Å²) in [5.41, 5.74) is 1.26. The second-order valence-corrected chi connectivity index (χ2v) is 7.97. The summed E-state index contributed by atoms with van der Waals surface area (Å²) < 4.78 is 20.8. The fourth-order valence-electron chi connectivity index (χ4n) is 3.18. The first-order valence-electron chi connectivity index (χ1n) is 9.80. The lowest BCUT2D eigenvalue weighted by Gasteiger charge is -2.10. The number of benzene rings is 2. The molecule has 33 heavy (non-hydrogen) atoms. The van der Waals surface area contributed by atoms with Crippen LogP contribution in [0.15, 0.2) is 70.4 Å². The summed E-state index contributed by atoms with van der Waals surface area (Å²) in [5.74, 6) is -0.103. The standard InChI is InChI=1S/C22H18FN5O4S/c1-14-17(9-10-32-14)21-25-26-22(27(21)12-15-5-3-2-4-6-15)33-13-20(29)24-16-7-8-18(23)19(11-16)28(30)31/h2-11H,12-13H2,1H3,(H,24,29). The average Bonchev–Trinajstić information content (AvgIpc) is 3.39. The quantitative estimate of drug-likeness (QED) is 0.227. The summed E-state index contributed by atoms with van der Waals surface area (Å²) in [4.78, 5) is 22.5. The second kappa shape index (κ2) is 9.65. The van der Waals surface area contributed by atoms with Gasteiger partial charge in [-0.05, 0) is 30.7 Å². The maximum atomic E-state index is 13.5. The number of carbonyl (C=O) groups is 1. The molecule has 0 radical (unpaired) electrons. The number of halogens is 1. The smallest absolute Gasteiger partial charge is 0.306 e. The number of carbonyl (C=O) groups excluding carboxylic acids is 1. The van der Waals surface area contributed by atoms with Crippen molar-refractivity contribution in [2.45, 2.75) is 18.6 Å². The van der Waals surface area contributed by atoms with E-state index in [-0.39, 0.29) is 11.4 Å². The molecule has 1 N–H and O–H groups in total. The molecule has 0 fully saturated rings. The van der Waals surface area contributed by atoms with Crippen molar-refractivity contribution < 1.29 is 18.5 Å². The summed E-state index contributed by atoms with van der Waals surface area (Å²) in [6, 6.07) is 14.8. The highest BCUT2D eigenvalue weighted by Gasteiger charge is 2.19. The van der Waals surface area contributed by atoms with Crippen LogP contribution in [0.4, 0.5) is 15.8 Å². The number of nitrogens with zero attached hydrogens (tertiary/aromatic N) is 4. The van der Waals surface area contributed by atoms with Crippen LogP contribution >= 0.6 is 11.8 Å². The molecule has 0 atom stereocenters. The van der Waals surface area contributed by atoms with E-state index in [9.17, 15) is 19.3 Å². The molecule has 0 aliphatic rings. The highest BCUT2D eigenvalue weighted by molar-refractivity contribution is 7.99. The molecule has 11 heteroatoms. The van der Waals surface area contributed by atoms with Crippen molar-refractivity contribution in [2.24, 2.45) is 0 Å². The van der Waals surface area contributed by atoms with Crippen LogP contribution in [0.1, 0.15) is 11.3 Å². The number of furan rings is 1. The largest absolute Gasteiger partial charge is 0.469 e. The molecule has 0 spiro atoms. The number of hydrogen-bond acceptors (Lipinski definition) is 7. The van der Waals surface area contributed by atoms with E-state index >= 15 is 0 Å². The van der Waals surface area contributed by atoms with E-state index in [1.54, 1.807) is 6.26 Å². The predicted octanol–water partition coefficient (Wildman–Crippen LogP) is 4.67. The number of aromatic nitrogens is 3. The number of rotatable bonds is 8. The van der Waals surface area contributed by atoms with E-state index < -0.39 is 22.3 Å². The lowest BCUT2D eigenvalue weighted by atomic mass is 10.2. The molecule has 0 unspecified atom stereocenters. The van der Waals surface area contributed by atoms with Crippen LogP contribution in [0, 0.1) is 22.9 Å². The Balaban J connectivity index is 1.52. The van der Waals surface area contributed by atoms with Crippen molar-refractivity contribution >= 4 is 29.0 Å². The third-order valence-corrected chi connectivity index (χ3v) is 5.73. The summed E-state index contributed by atoms with van der Waals surface area (Å²) in [7, 11) is 0. The Morgan fingerprint density at radius 1 is 1.21 bits per heavy atom. The van der Waals surface area contributed by atoms with Crippen molar-refractivity contribution in [3.05, 3.63) is 88.1 Å². The van der Waals surface area contributed by atoms with Gasteiger partial charge in [0.15, 0.2) is 11.0 Å². The van der Waals surface area contributed by atoms with E-state index in [2.05, 4.69) is 15.5 Å².